The monoisotopic (exact) mass is 415 g/mol. The number of aromatic amines is 1. The van der Waals surface area contributed by atoms with Crippen LogP contribution in [0.3, 0.4) is 0 Å². The van der Waals surface area contributed by atoms with Gasteiger partial charge in [0.05, 0.1) is 17.4 Å². The van der Waals surface area contributed by atoms with Crippen LogP contribution >= 0.6 is 12.2 Å². The Morgan fingerprint density at radius 2 is 1.73 bits per heavy atom. The number of carbonyl (C=O) groups is 1. The first-order valence-corrected chi connectivity index (χ1v) is 10.1. The van der Waals surface area contributed by atoms with Gasteiger partial charge in [0.1, 0.15) is 0 Å². The van der Waals surface area contributed by atoms with E-state index in [9.17, 15) is 9.59 Å². The zero-order valence-corrected chi connectivity index (χ0v) is 17.3. The van der Waals surface area contributed by atoms with E-state index in [4.69, 9.17) is 12.2 Å². The molecule has 30 heavy (non-hydrogen) atoms. The molecule has 150 valence electrons. The number of H-pyrrole nitrogens is 1. The van der Waals surface area contributed by atoms with Crippen molar-refractivity contribution in [2.75, 3.05) is 0 Å². The summed E-state index contributed by atoms with van der Waals surface area (Å²) in [4.78, 5) is 28.6. The highest BCUT2D eigenvalue weighted by Crippen LogP contribution is 2.12. The number of carbonyl (C=O) groups excluding carboxylic acids is 1. The lowest BCUT2D eigenvalue weighted by molar-refractivity contribution is 0.0951. The molecule has 0 aliphatic rings. The molecule has 3 aromatic carbocycles. The SMILES string of the molecule is Cc1ccc(CNC(=O)c2ccc3c(=O)n(Cc4ccccc4)c(=S)[nH]c3c2)cc1. The van der Waals surface area contributed by atoms with Gasteiger partial charge in [-0.15, -0.1) is 0 Å². The molecular weight excluding hydrogens is 394 g/mol. The molecular formula is C24H21N3O2S. The molecule has 0 aliphatic carbocycles. The molecule has 0 fully saturated rings. The molecule has 4 rings (SSSR count). The van der Waals surface area contributed by atoms with Gasteiger partial charge < -0.3 is 10.3 Å². The lowest BCUT2D eigenvalue weighted by Gasteiger charge is -2.10. The predicted octanol–water partition coefficient (Wildman–Crippen LogP) is 4.35. The normalized spacial score (nSPS) is 10.8. The average molecular weight is 416 g/mol. The zero-order valence-electron chi connectivity index (χ0n) is 16.5. The van der Waals surface area contributed by atoms with Gasteiger partial charge in [-0.25, -0.2) is 0 Å². The molecule has 2 N–H and O–H groups in total. The number of benzene rings is 3. The number of hydrogen-bond donors (Lipinski definition) is 2. The molecule has 0 atom stereocenters. The summed E-state index contributed by atoms with van der Waals surface area (Å²) < 4.78 is 1.86. The van der Waals surface area contributed by atoms with Crippen molar-refractivity contribution in [3.8, 4) is 0 Å². The quantitative estimate of drug-likeness (QED) is 0.477. The highest BCUT2D eigenvalue weighted by atomic mass is 32.1. The van der Waals surface area contributed by atoms with E-state index in [0.29, 0.717) is 34.3 Å². The number of hydrogen-bond acceptors (Lipinski definition) is 3. The van der Waals surface area contributed by atoms with Crippen LogP contribution in [-0.4, -0.2) is 15.5 Å². The Labute approximate surface area is 179 Å². The number of amides is 1. The molecule has 1 aromatic heterocycles. The highest BCUT2D eigenvalue weighted by Gasteiger charge is 2.11. The molecule has 1 amide bonds. The summed E-state index contributed by atoms with van der Waals surface area (Å²) in [6, 6.07) is 22.7. The van der Waals surface area contributed by atoms with Gasteiger partial charge in [0.2, 0.25) is 0 Å². The molecule has 0 aliphatic heterocycles. The van der Waals surface area contributed by atoms with Gasteiger partial charge in [-0.05, 0) is 48.5 Å². The van der Waals surface area contributed by atoms with E-state index in [1.807, 2.05) is 61.5 Å². The Morgan fingerprint density at radius 1 is 1.00 bits per heavy atom. The maximum absolute atomic E-state index is 12.9. The first-order valence-electron chi connectivity index (χ1n) is 9.66. The van der Waals surface area contributed by atoms with E-state index >= 15 is 0 Å². The molecule has 5 nitrogen and oxygen atoms in total. The lowest BCUT2D eigenvalue weighted by Crippen LogP contribution is -2.24. The van der Waals surface area contributed by atoms with Crippen LogP contribution in [-0.2, 0) is 13.1 Å². The van der Waals surface area contributed by atoms with Crippen LogP contribution in [0.15, 0.2) is 77.6 Å². The fraction of sp³-hybridized carbons (Fsp3) is 0.125. The van der Waals surface area contributed by atoms with Crippen molar-refractivity contribution in [2.24, 2.45) is 0 Å². The number of aryl methyl sites for hydroxylation is 1. The fourth-order valence-electron chi connectivity index (χ4n) is 3.30. The summed E-state index contributed by atoms with van der Waals surface area (Å²) in [7, 11) is 0. The Kier molecular flexibility index (Phi) is 5.59. The molecule has 1 heterocycles. The summed E-state index contributed by atoms with van der Waals surface area (Å²) in [5.41, 5.74) is 4.04. The van der Waals surface area contributed by atoms with E-state index in [2.05, 4.69) is 10.3 Å². The minimum Gasteiger partial charge on any atom is -0.348 e. The van der Waals surface area contributed by atoms with E-state index in [-0.39, 0.29) is 11.5 Å². The van der Waals surface area contributed by atoms with Gasteiger partial charge in [0.15, 0.2) is 4.77 Å². The Hall–Kier alpha value is -3.51. The van der Waals surface area contributed by atoms with E-state index in [1.165, 1.54) is 10.1 Å². The molecule has 6 heteroatoms. The van der Waals surface area contributed by atoms with Gasteiger partial charge in [0, 0.05) is 12.1 Å². The summed E-state index contributed by atoms with van der Waals surface area (Å²) >= 11 is 5.41. The topological polar surface area (TPSA) is 66.9 Å². The third-order valence-electron chi connectivity index (χ3n) is 5.00. The number of nitrogens with one attached hydrogen (secondary N) is 2. The van der Waals surface area contributed by atoms with E-state index in [0.717, 1.165) is 11.1 Å². The number of nitrogens with zero attached hydrogens (tertiary/aromatic N) is 1. The number of rotatable bonds is 5. The Morgan fingerprint density at radius 3 is 2.47 bits per heavy atom. The van der Waals surface area contributed by atoms with Crippen molar-refractivity contribution in [2.45, 2.75) is 20.0 Å². The third-order valence-corrected chi connectivity index (χ3v) is 5.32. The molecule has 0 bridgehead atoms. The van der Waals surface area contributed by atoms with E-state index < -0.39 is 0 Å². The number of aromatic nitrogens is 2. The summed E-state index contributed by atoms with van der Waals surface area (Å²) in [6.45, 7) is 2.85. The van der Waals surface area contributed by atoms with Crippen molar-refractivity contribution in [1.82, 2.24) is 14.9 Å². The van der Waals surface area contributed by atoms with Crippen molar-refractivity contribution >= 4 is 29.0 Å². The average Bonchev–Trinajstić information content (AvgIpc) is 2.76. The van der Waals surface area contributed by atoms with Crippen LogP contribution in [0.25, 0.3) is 10.9 Å². The lowest BCUT2D eigenvalue weighted by atomic mass is 10.1. The Balaban J connectivity index is 1.59. The molecule has 0 radical (unpaired) electrons. The van der Waals surface area contributed by atoms with Crippen LogP contribution in [0.5, 0.6) is 0 Å². The van der Waals surface area contributed by atoms with Crippen LogP contribution in [0.2, 0.25) is 0 Å². The molecule has 4 aromatic rings. The minimum atomic E-state index is -0.203. The van der Waals surface area contributed by atoms with Crippen LogP contribution in [0.1, 0.15) is 27.0 Å². The first-order chi connectivity index (χ1) is 14.5. The fourth-order valence-corrected chi connectivity index (χ4v) is 3.55. The smallest absolute Gasteiger partial charge is 0.262 e. The third kappa shape index (κ3) is 4.23. The van der Waals surface area contributed by atoms with E-state index in [1.54, 1.807) is 18.2 Å². The molecule has 0 saturated carbocycles. The summed E-state index contributed by atoms with van der Waals surface area (Å²) in [5.74, 6) is -0.203. The Bertz CT molecular complexity index is 1320. The molecule has 0 unspecified atom stereocenters. The largest absolute Gasteiger partial charge is 0.348 e. The molecule has 0 saturated heterocycles. The summed E-state index contributed by atoms with van der Waals surface area (Å²) in [6.07, 6.45) is 0. The van der Waals surface area contributed by atoms with Crippen LogP contribution in [0.4, 0.5) is 0 Å². The van der Waals surface area contributed by atoms with Gasteiger partial charge in [0.25, 0.3) is 11.5 Å². The summed E-state index contributed by atoms with van der Waals surface area (Å²) in [5, 5.41) is 3.41. The van der Waals surface area contributed by atoms with Crippen molar-refractivity contribution in [3.05, 3.63) is 110 Å². The maximum atomic E-state index is 12.9. The first kappa shape index (κ1) is 19.8. The van der Waals surface area contributed by atoms with Crippen LogP contribution in [0, 0.1) is 11.7 Å². The van der Waals surface area contributed by atoms with Crippen molar-refractivity contribution in [1.29, 1.82) is 0 Å². The second kappa shape index (κ2) is 8.47. The second-order valence-corrected chi connectivity index (χ2v) is 7.62. The van der Waals surface area contributed by atoms with Gasteiger partial charge in [-0.1, -0.05) is 60.2 Å². The highest BCUT2D eigenvalue weighted by molar-refractivity contribution is 7.71. The predicted molar refractivity (Wildman–Crippen MR) is 121 cm³/mol. The minimum absolute atomic E-state index is 0.177. The van der Waals surface area contributed by atoms with Gasteiger partial charge >= 0.3 is 0 Å². The molecule has 0 spiro atoms. The standard InChI is InChI=1S/C24H21N3O2S/c1-16-7-9-17(10-8-16)14-25-22(28)19-11-12-20-21(13-19)26-24(30)27(23(20)29)15-18-5-3-2-4-6-18/h2-13H,14-15H2,1H3,(H,25,28)(H,26,30). The van der Waals surface area contributed by atoms with Gasteiger partial charge in [-0.2, -0.15) is 0 Å². The van der Waals surface area contributed by atoms with Crippen molar-refractivity contribution in [3.63, 3.8) is 0 Å². The van der Waals surface area contributed by atoms with Crippen LogP contribution < -0.4 is 10.9 Å². The van der Waals surface area contributed by atoms with Gasteiger partial charge in [-0.3, -0.25) is 14.2 Å². The zero-order chi connectivity index (χ0) is 21.1. The second-order valence-electron chi connectivity index (χ2n) is 7.24. The van der Waals surface area contributed by atoms with Crippen molar-refractivity contribution < 1.29 is 4.79 Å². The maximum Gasteiger partial charge on any atom is 0.262 e. The number of fused-ring (bicyclic) bond motifs is 1.